The van der Waals surface area contributed by atoms with Crippen LogP contribution in [-0.2, 0) is 4.79 Å². The second-order valence-corrected chi connectivity index (χ2v) is 5.09. The number of halogens is 1. The topological polar surface area (TPSA) is 61.1 Å². The molecular weight excluding hydrogens is 281 g/mol. The Labute approximate surface area is 91.3 Å². The Morgan fingerprint density at radius 1 is 1.62 bits per heavy atom. The zero-order valence-electron chi connectivity index (χ0n) is 7.24. The summed E-state index contributed by atoms with van der Waals surface area (Å²) < 4.78 is 0.249. The highest BCUT2D eigenvalue weighted by atomic mass is 127. The number of carboxylic acid groups (broad SMARTS) is 1. The Balaban J connectivity index is 2.41. The van der Waals surface area contributed by atoms with E-state index in [1.165, 1.54) is 0 Å². The minimum absolute atomic E-state index is 0.190. The van der Waals surface area contributed by atoms with Gasteiger partial charge in [0.15, 0.2) is 0 Å². The maximum Gasteiger partial charge on any atom is 0.307 e. The number of rotatable bonds is 3. The molecule has 1 fully saturated rings. The summed E-state index contributed by atoms with van der Waals surface area (Å²) in [6.45, 7) is 0. The van der Waals surface area contributed by atoms with E-state index in [0.29, 0.717) is 12.3 Å². The summed E-state index contributed by atoms with van der Waals surface area (Å²) in [5.41, 5.74) is 0. The van der Waals surface area contributed by atoms with E-state index in [1.807, 2.05) is 0 Å². The molecule has 0 unspecified atom stereocenters. The van der Waals surface area contributed by atoms with E-state index in [9.17, 15) is 4.79 Å². The predicted octanol–water partition coefficient (Wildman–Crippen LogP) is 2.20. The number of nitrogens with zero attached hydrogens (tertiary/aromatic N) is 1. The summed E-state index contributed by atoms with van der Waals surface area (Å²) in [4.78, 5) is 10.8. The lowest BCUT2D eigenvalue weighted by Crippen LogP contribution is -2.17. The van der Waals surface area contributed by atoms with Crippen LogP contribution < -0.4 is 0 Å². The largest absolute Gasteiger partial charge is 0.481 e. The van der Waals surface area contributed by atoms with Gasteiger partial charge in [-0.05, 0) is 25.2 Å². The van der Waals surface area contributed by atoms with Crippen molar-refractivity contribution >= 4 is 28.6 Å². The Morgan fingerprint density at radius 2 is 2.31 bits per heavy atom. The molecule has 0 aromatic heterocycles. The fraction of sp³-hybridized carbons (Fsp3) is 0.778. The summed E-state index contributed by atoms with van der Waals surface area (Å²) in [5, 5.41) is 17.3. The average Bonchev–Trinajstić information content (AvgIpc) is 2.43. The average molecular weight is 293 g/mol. The molecule has 0 spiro atoms. The zero-order valence-corrected chi connectivity index (χ0v) is 9.40. The van der Waals surface area contributed by atoms with Crippen molar-refractivity contribution in [3.63, 3.8) is 0 Å². The van der Waals surface area contributed by atoms with Gasteiger partial charge in [-0.2, -0.15) is 5.26 Å². The van der Waals surface area contributed by atoms with Crippen LogP contribution in [0.2, 0.25) is 0 Å². The summed E-state index contributed by atoms with van der Waals surface area (Å²) in [6.07, 6.45) is 3.13. The van der Waals surface area contributed by atoms with Crippen molar-refractivity contribution in [3.8, 4) is 6.07 Å². The highest BCUT2D eigenvalue weighted by Crippen LogP contribution is 2.38. The van der Waals surface area contributed by atoms with Gasteiger partial charge in [0.2, 0.25) is 0 Å². The molecule has 1 aliphatic carbocycles. The van der Waals surface area contributed by atoms with Gasteiger partial charge in [0.25, 0.3) is 0 Å². The fourth-order valence-corrected chi connectivity index (χ4v) is 3.17. The van der Waals surface area contributed by atoms with Crippen LogP contribution in [0.25, 0.3) is 0 Å². The number of carbonyl (C=O) groups is 1. The van der Waals surface area contributed by atoms with Crippen LogP contribution in [-0.4, -0.2) is 15.0 Å². The number of hydrogen-bond donors (Lipinski definition) is 1. The first kappa shape index (κ1) is 10.8. The van der Waals surface area contributed by atoms with Crippen LogP contribution >= 0.6 is 22.6 Å². The highest BCUT2D eigenvalue weighted by Gasteiger charge is 2.36. The lowest BCUT2D eigenvalue weighted by atomic mass is 10.0. The lowest BCUT2D eigenvalue weighted by Gasteiger charge is -2.06. The molecule has 1 saturated carbocycles. The van der Waals surface area contributed by atoms with Gasteiger partial charge in [-0.3, -0.25) is 4.79 Å². The van der Waals surface area contributed by atoms with Gasteiger partial charge in [-0.15, -0.1) is 0 Å². The van der Waals surface area contributed by atoms with Crippen LogP contribution in [0.15, 0.2) is 0 Å². The van der Waals surface area contributed by atoms with Crippen LogP contribution in [0.4, 0.5) is 0 Å². The standard InChI is InChI=1S/C9H12INO2/c10-8-5-6(2-1-3-11)4-7(8)9(12)13/h6-8H,1-2,4-5H2,(H,12,13)/t6-,7+,8-/m1/s1. The summed E-state index contributed by atoms with van der Waals surface area (Å²) in [5.74, 6) is -0.425. The minimum Gasteiger partial charge on any atom is -0.481 e. The highest BCUT2D eigenvalue weighted by molar-refractivity contribution is 14.1. The second-order valence-electron chi connectivity index (χ2n) is 3.49. The predicted molar refractivity (Wildman–Crippen MR) is 56.5 cm³/mol. The Hall–Kier alpha value is -0.310. The molecule has 4 heteroatoms. The number of hydrogen-bond acceptors (Lipinski definition) is 2. The molecule has 1 aliphatic rings. The van der Waals surface area contributed by atoms with Gasteiger partial charge in [0.05, 0.1) is 12.0 Å². The molecule has 0 amide bonds. The van der Waals surface area contributed by atoms with E-state index in [1.54, 1.807) is 0 Å². The third-order valence-corrected chi connectivity index (χ3v) is 3.94. The molecule has 0 radical (unpaired) electrons. The third-order valence-electron chi connectivity index (χ3n) is 2.56. The van der Waals surface area contributed by atoms with Crippen molar-refractivity contribution in [3.05, 3.63) is 0 Å². The normalized spacial score (nSPS) is 32.8. The van der Waals surface area contributed by atoms with E-state index < -0.39 is 5.97 Å². The van der Waals surface area contributed by atoms with Gasteiger partial charge in [-0.1, -0.05) is 22.6 Å². The third kappa shape index (κ3) is 2.83. The van der Waals surface area contributed by atoms with Crippen LogP contribution in [0.5, 0.6) is 0 Å². The first-order valence-electron chi connectivity index (χ1n) is 4.39. The van der Waals surface area contributed by atoms with Crippen molar-refractivity contribution in [1.29, 1.82) is 5.26 Å². The van der Waals surface area contributed by atoms with Gasteiger partial charge >= 0.3 is 5.97 Å². The Bertz CT molecular complexity index is 236. The maximum atomic E-state index is 10.8. The summed E-state index contributed by atoms with van der Waals surface area (Å²) >= 11 is 2.21. The van der Waals surface area contributed by atoms with Crippen molar-refractivity contribution in [2.75, 3.05) is 0 Å². The molecule has 1 N–H and O–H groups in total. The molecule has 0 bridgehead atoms. The van der Waals surface area contributed by atoms with E-state index in [0.717, 1.165) is 19.3 Å². The molecule has 0 saturated heterocycles. The monoisotopic (exact) mass is 293 g/mol. The molecule has 1 rings (SSSR count). The molecule has 3 atom stereocenters. The molecule has 0 heterocycles. The van der Waals surface area contributed by atoms with E-state index in [4.69, 9.17) is 10.4 Å². The SMILES string of the molecule is N#CCC[C@H]1C[C@@H](I)[C@@H](C(=O)O)C1. The van der Waals surface area contributed by atoms with Gasteiger partial charge in [-0.25, -0.2) is 0 Å². The zero-order chi connectivity index (χ0) is 9.84. The molecule has 72 valence electrons. The van der Waals surface area contributed by atoms with E-state index in [2.05, 4.69) is 28.7 Å². The first-order chi connectivity index (χ1) is 6.15. The van der Waals surface area contributed by atoms with E-state index >= 15 is 0 Å². The minimum atomic E-state index is -0.682. The smallest absolute Gasteiger partial charge is 0.307 e. The quantitative estimate of drug-likeness (QED) is 0.641. The fourth-order valence-electron chi connectivity index (χ4n) is 1.85. The number of carboxylic acids is 1. The maximum absolute atomic E-state index is 10.8. The first-order valence-corrected chi connectivity index (χ1v) is 5.63. The molecule has 0 aromatic carbocycles. The molecule has 0 aliphatic heterocycles. The lowest BCUT2D eigenvalue weighted by molar-refractivity contribution is -0.141. The summed E-state index contributed by atoms with van der Waals surface area (Å²) in [7, 11) is 0. The van der Waals surface area contributed by atoms with Gasteiger partial charge in [0.1, 0.15) is 0 Å². The van der Waals surface area contributed by atoms with E-state index in [-0.39, 0.29) is 9.84 Å². The van der Waals surface area contributed by atoms with Crippen molar-refractivity contribution < 1.29 is 9.90 Å². The number of alkyl halides is 1. The van der Waals surface area contributed by atoms with Crippen LogP contribution in [0, 0.1) is 23.2 Å². The van der Waals surface area contributed by atoms with Crippen molar-refractivity contribution in [1.82, 2.24) is 0 Å². The van der Waals surface area contributed by atoms with Crippen LogP contribution in [0.1, 0.15) is 25.7 Å². The molecule has 13 heavy (non-hydrogen) atoms. The van der Waals surface area contributed by atoms with Crippen molar-refractivity contribution in [2.45, 2.75) is 29.6 Å². The molecular formula is C9H12INO2. The number of nitriles is 1. The second kappa shape index (κ2) is 4.80. The number of aliphatic carboxylic acids is 1. The Morgan fingerprint density at radius 3 is 2.77 bits per heavy atom. The van der Waals surface area contributed by atoms with Crippen LogP contribution in [0.3, 0.4) is 0 Å². The molecule has 0 aromatic rings. The Kier molecular flexibility index (Phi) is 3.97. The summed E-state index contributed by atoms with van der Waals surface area (Å²) in [6, 6.07) is 2.10. The molecule has 3 nitrogen and oxygen atoms in total. The van der Waals surface area contributed by atoms with Gasteiger partial charge < -0.3 is 5.11 Å². The van der Waals surface area contributed by atoms with Crippen molar-refractivity contribution in [2.24, 2.45) is 11.8 Å². The van der Waals surface area contributed by atoms with Gasteiger partial charge in [0, 0.05) is 10.3 Å².